The minimum Gasteiger partial charge on any atom is -0.393 e. The van der Waals surface area contributed by atoms with Gasteiger partial charge in [-0.3, -0.25) is 4.79 Å². The summed E-state index contributed by atoms with van der Waals surface area (Å²) in [4.78, 5) is 12.4. The van der Waals surface area contributed by atoms with Crippen LogP contribution in [0.4, 0.5) is 0 Å². The third-order valence-corrected chi connectivity index (χ3v) is 3.90. The summed E-state index contributed by atoms with van der Waals surface area (Å²) < 4.78 is 1.50. The van der Waals surface area contributed by atoms with Gasteiger partial charge in [0.1, 0.15) is 0 Å². The first-order valence-corrected chi connectivity index (χ1v) is 6.52. The summed E-state index contributed by atoms with van der Waals surface area (Å²) in [5.41, 5.74) is 8.31. The van der Waals surface area contributed by atoms with Crippen molar-refractivity contribution in [2.24, 2.45) is 11.7 Å². The molecule has 1 aliphatic carbocycles. The van der Waals surface area contributed by atoms with Crippen LogP contribution in [0.1, 0.15) is 47.4 Å². The Bertz CT molecular complexity index is 445. The van der Waals surface area contributed by atoms with E-state index in [-0.39, 0.29) is 17.9 Å². The highest BCUT2D eigenvalue weighted by Gasteiger charge is 2.28. The quantitative estimate of drug-likeness (QED) is 0.826. The maximum Gasteiger partial charge on any atom is 0.250 e. The lowest BCUT2D eigenvalue weighted by atomic mass is 9.87. The number of hydrogen-bond acceptors (Lipinski definition) is 4. The molecule has 3 N–H and O–H groups in total. The van der Waals surface area contributed by atoms with E-state index >= 15 is 0 Å². The molecule has 0 radical (unpaired) electrons. The zero-order chi connectivity index (χ0) is 13.3. The number of rotatable bonds is 2. The summed E-state index contributed by atoms with van der Waals surface area (Å²) in [6, 6.07) is 0. The Morgan fingerprint density at radius 2 is 2.00 bits per heavy atom. The fraction of sp³-hybridized carbons (Fsp3) is 0.692. The number of carbonyl (C=O) groups excluding carboxylic acids is 1. The predicted octanol–water partition coefficient (Wildman–Crippen LogP) is 1.15. The van der Waals surface area contributed by atoms with E-state index in [1.54, 1.807) is 0 Å². The third kappa shape index (κ3) is 2.33. The molecule has 2 rings (SSSR count). The largest absolute Gasteiger partial charge is 0.393 e. The fourth-order valence-corrected chi connectivity index (χ4v) is 2.68. The number of nitrogens with two attached hydrogens (primary N) is 1. The van der Waals surface area contributed by atoms with Gasteiger partial charge < -0.3 is 10.8 Å². The van der Waals surface area contributed by atoms with Gasteiger partial charge in [-0.1, -0.05) is 0 Å². The maximum absolute atomic E-state index is 12.4. The van der Waals surface area contributed by atoms with Crippen molar-refractivity contribution in [3.05, 3.63) is 17.0 Å². The Labute approximate surface area is 107 Å². The van der Waals surface area contributed by atoms with Gasteiger partial charge in [-0.25, -0.2) is 4.68 Å². The van der Waals surface area contributed by atoms with Crippen molar-refractivity contribution < 1.29 is 9.90 Å². The lowest BCUT2D eigenvalue weighted by Crippen LogP contribution is -2.29. The van der Waals surface area contributed by atoms with Gasteiger partial charge >= 0.3 is 0 Å². The van der Waals surface area contributed by atoms with Gasteiger partial charge in [0.15, 0.2) is 0 Å². The van der Waals surface area contributed by atoms with Crippen LogP contribution in [0.2, 0.25) is 0 Å². The molecule has 0 saturated heterocycles. The molecule has 0 aliphatic heterocycles. The second kappa shape index (κ2) is 5.20. The molecule has 1 saturated carbocycles. The van der Waals surface area contributed by atoms with Crippen LogP contribution in [0.25, 0.3) is 0 Å². The van der Waals surface area contributed by atoms with Crippen molar-refractivity contribution in [3.63, 3.8) is 0 Å². The summed E-state index contributed by atoms with van der Waals surface area (Å²) in [6.45, 7) is 4.18. The summed E-state index contributed by atoms with van der Waals surface area (Å²) in [6.07, 6.45) is 2.67. The molecule has 1 aromatic rings. The molecule has 1 fully saturated rings. The minimum absolute atomic E-state index is 0.0166. The topological polar surface area (TPSA) is 81.1 Å². The first kappa shape index (κ1) is 13.2. The summed E-state index contributed by atoms with van der Waals surface area (Å²) in [5.74, 6) is 0.0271. The van der Waals surface area contributed by atoms with Crippen molar-refractivity contribution >= 4 is 5.91 Å². The highest BCUT2D eigenvalue weighted by Crippen LogP contribution is 2.26. The van der Waals surface area contributed by atoms with E-state index in [1.165, 1.54) is 4.68 Å². The Hall–Kier alpha value is -1.20. The number of aromatic nitrogens is 2. The van der Waals surface area contributed by atoms with Gasteiger partial charge in [-0.05, 0) is 39.5 Å². The van der Waals surface area contributed by atoms with E-state index in [1.807, 2.05) is 13.8 Å². The van der Waals surface area contributed by atoms with Crippen LogP contribution >= 0.6 is 0 Å². The normalized spacial score (nSPS) is 24.2. The van der Waals surface area contributed by atoms with Crippen LogP contribution < -0.4 is 5.73 Å². The number of nitrogens with zero attached hydrogens (tertiary/aromatic N) is 2. The van der Waals surface area contributed by atoms with Crippen LogP contribution in [-0.2, 0) is 6.54 Å². The third-order valence-electron chi connectivity index (χ3n) is 3.90. The Kier molecular flexibility index (Phi) is 3.82. The van der Waals surface area contributed by atoms with Gasteiger partial charge in [0.05, 0.1) is 11.8 Å². The van der Waals surface area contributed by atoms with Crippen molar-refractivity contribution in [1.29, 1.82) is 0 Å². The monoisotopic (exact) mass is 251 g/mol. The van der Waals surface area contributed by atoms with Gasteiger partial charge in [-0.15, -0.1) is 0 Å². The Morgan fingerprint density at radius 1 is 1.39 bits per heavy atom. The average Bonchev–Trinajstić information content (AvgIpc) is 2.64. The van der Waals surface area contributed by atoms with E-state index in [0.717, 1.165) is 29.8 Å². The standard InChI is InChI=1S/C13H21N3O2/c1-8-12(7-14)9(2)16(15-8)13(18)10-3-5-11(17)6-4-10/h10-11,17H,3-7,14H2,1-2H3. The van der Waals surface area contributed by atoms with Crippen molar-refractivity contribution in [1.82, 2.24) is 9.78 Å². The Morgan fingerprint density at radius 3 is 2.50 bits per heavy atom. The van der Waals surface area contributed by atoms with Crippen LogP contribution in [0.5, 0.6) is 0 Å². The molecule has 0 bridgehead atoms. The summed E-state index contributed by atoms with van der Waals surface area (Å²) >= 11 is 0. The molecule has 5 nitrogen and oxygen atoms in total. The van der Waals surface area contributed by atoms with Gasteiger partial charge in [0, 0.05) is 23.7 Å². The highest BCUT2D eigenvalue weighted by molar-refractivity contribution is 5.81. The van der Waals surface area contributed by atoms with E-state index in [9.17, 15) is 9.90 Å². The van der Waals surface area contributed by atoms with Crippen molar-refractivity contribution in [2.45, 2.75) is 52.2 Å². The van der Waals surface area contributed by atoms with E-state index in [2.05, 4.69) is 5.10 Å². The van der Waals surface area contributed by atoms with E-state index in [4.69, 9.17) is 5.73 Å². The van der Waals surface area contributed by atoms with Crippen LogP contribution in [0.3, 0.4) is 0 Å². The van der Waals surface area contributed by atoms with E-state index in [0.29, 0.717) is 19.4 Å². The molecule has 0 unspecified atom stereocenters. The SMILES string of the molecule is Cc1nn(C(=O)C2CCC(O)CC2)c(C)c1CN. The first-order valence-electron chi connectivity index (χ1n) is 6.52. The first-order chi connectivity index (χ1) is 8.54. The average molecular weight is 251 g/mol. The van der Waals surface area contributed by atoms with Crippen LogP contribution in [-0.4, -0.2) is 26.9 Å². The number of hydrogen-bond donors (Lipinski definition) is 2. The molecule has 18 heavy (non-hydrogen) atoms. The summed E-state index contributed by atoms with van der Waals surface area (Å²) in [5, 5.41) is 13.8. The second-order valence-electron chi connectivity index (χ2n) is 5.11. The number of carbonyl (C=O) groups is 1. The van der Waals surface area contributed by atoms with Gasteiger partial charge in [-0.2, -0.15) is 5.10 Å². The van der Waals surface area contributed by atoms with Gasteiger partial charge in [0.25, 0.3) is 0 Å². The highest BCUT2D eigenvalue weighted by atomic mass is 16.3. The van der Waals surface area contributed by atoms with Gasteiger partial charge in [0.2, 0.25) is 5.91 Å². The molecule has 5 heteroatoms. The molecule has 100 valence electrons. The Balaban J connectivity index is 2.19. The van der Waals surface area contributed by atoms with Crippen LogP contribution in [0.15, 0.2) is 0 Å². The smallest absolute Gasteiger partial charge is 0.250 e. The maximum atomic E-state index is 12.4. The fourth-order valence-electron chi connectivity index (χ4n) is 2.68. The molecule has 0 amide bonds. The van der Waals surface area contributed by atoms with Crippen LogP contribution in [0, 0.1) is 19.8 Å². The number of aliphatic hydroxyl groups excluding tert-OH is 1. The minimum atomic E-state index is -0.242. The molecular formula is C13H21N3O2. The lowest BCUT2D eigenvalue weighted by molar-refractivity contribution is 0.0669. The van der Waals surface area contributed by atoms with Crippen molar-refractivity contribution in [2.75, 3.05) is 0 Å². The zero-order valence-electron chi connectivity index (χ0n) is 11.0. The molecule has 1 aliphatic rings. The molecular weight excluding hydrogens is 230 g/mol. The molecule has 1 aromatic heterocycles. The second-order valence-corrected chi connectivity index (χ2v) is 5.11. The van der Waals surface area contributed by atoms with E-state index < -0.39 is 0 Å². The molecule has 0 aromatic carbocycles. The predicted molar refractivity (Wildman–Crippen MR) is 68.2 cm³/mol. The number of aryl methyl sites for hydroxylation is 1. The molecule has 0 atom stereocenters. The van der Waals surface area contributed by atoms with Crippen molar-refractivity contribution in [3.8, 4) is 0 Å². The molecule has 0 spiro atoms. The number of aliphatic hydroxyl groups is 1. The summed E-state index contributed by atoms with van der Waals surface area (Å²) in [7, 11) is 0. The molecule has 1 heterocycles. The zero-order valence-corrected chi connectivity index (χ0v) is 11.0. The lowest BCUT2D eigenvalue weighted by Gasteiger charge is -2.24.